The molecule has 1 heterocycles. The molecule has 0 saturated heterocycles. The number of para-hydroxylation sites is 1. The molecule has 0 aliphatic rings. The average molecular weight is 258 g/mol. The lowest BCUT2D eigenvalue weighted by Gasteiger charge is -2.11. The van der Waals surface area contributed by atoms with Gasteiger partial charge in [-0.05, 0) is 31.0 Å². The molecule has 0 aliphatic carbocycles. The van der Waals surface area contributed by atoms with E-state index in [1.165, 1.54) is 0 Å². The van der Waals surface area contributed by atoms with Crippen molar-refractivity contribution in [3.8, 4) is 5.69 Å². The van der Waals surface area contributed by atoms with Crippen LogP contribution in [0, 0.1) is 0 Å². The number of nitrogens with two attached hydrogens (primary N) is 2. The highest BCUT2D eigenvalue weighted by molar-refractivity contribution is 5.99. The van der Waals surface area contributed by atoms with Crippen LogP contribution in [0.3, 0.4) is 0 Å². The van der Waals surface area contributed by atoms with E-state index >= 15 is 0 Å². The number of primary amides is 1. The van der Waals surface area contributed by atoms with E-state index in [1.807, 2.05) is 6.07 Å². The van der Waals surface area contributed by atoms with Gasteiger partial charge in [0.25, 0.3) is 5.91 Å². The molecule has 0 atom stereocenters. The van der Waals surface area contributed by atoms with Crippen molar-refractivity contribution in [1.29, 1.82) is 0 Å². The van der Waals surface area contributed by atoms with E-state index in [9.17, 15) is 4.79 Å². The minimum absolute atomic E-state index is 0.327. The number of benzene rings is 1. The van der Waals surface area contributed by atoms with E-state index < -0.39 is 5.91 Å². The number of nitrogens with zero attached hydrogens (tertiary/aromatic N) is 2. The fourth-order valence-corrected chi connectivity index (χ4v) is 2.06. The van der Waals surface area contributed by atoms with E-state index in [0.717, 1.165) is 24.2 Å². The molecular formula is C14H18N4O. The van der Waals surface area contributed by atoms with Crippen molar-refractivity contribution in [3.05, 3.63) is 41.2 Å². The van der Waals surface area contributed by atoms with Gasteiger partial charge in [0.05, 0.1) is 22.6 Å². The van der Waals surface area contributed by atoms with Gasteiger partial charge in [0.2, 0.25) is 0 Å². The quantitative estimate of drug-likeness (QED) is 0.818. The Balaban J connectivity index is 2.61. The molecule has 2 rings (SSSR count). The molecule has 1 aromatic heterocycles. The van der Waals surface area contributed by atoms with E-state index in [4.69, 9.17) is 11.5 Å². The van der Waals surface area contributed by atoms with Gasteiger partial charge in [0.15, 0.2) is 0 Å². The summed E-state index contributed by atoms with van der Waals surface area (Å²) in [5, 5.41) is 4.52. The van der Waals surface area contributed by atoms with Crippen LogP contribution in [0.2, 0.25) is 0 Å². The molecule has 0 fully saturated rings. The molecule has 2 aromatic rings. The number of rotatable bonds is 4. The summed E-state index contributed by atoms with van der Waals surface area (Å²) in [6.45, 7) is 4.11. The number of anilines is 1. The van der Waals surface area contributed by atoms with Gasteiger partial charge >= 0.3 is 0 Å². The number of hydrogen-bond acceptors (Lipinski definition) is 3. The van der Waals surface area contributed by atoms with Crippen LogP contribution in [0.4, 0.5) is 5.69 Å². The Morgan fingerprint density at radius 3 is 2.63 bits per heavy atom. The predicted octanol–water partition coefficient (Wildman–Crippen LogP) is 1.68. The van der Waals surface area contributed by atoms with Gasteiger partial charge in [-0.25, -0.2) is 4.68 Å². The van der Waals surface area contributed by atoms with Gasteiger partial charge in [-0.2, -0.15) is 5.10 Å². The fourth-order valence-electron chi connectivity index (χ4n) is 2.06. The zero-order valence-corrected chi connectivity index (χ0v) is 11.2. The van der Waals surface area contributed by atoms with Crippen LogP contribution in [0.25, 0.3) is 5.69 Å². The second-order valence-electron chi connectivity index (χ2n) is 4.35. The van der Waals surface area contributed by atoms with Gasteiger partial charge in [0.1, 0.15) is 0 Å². The molecule has 0 spiro atoms. The molecule has 19 heavy (non-hydrogen) atoms. The Kier molecular flexibility index (Phi) is 3.55. The Hall–Kier alpha value is -2.30. The topological polar surface area (TPSA) is 86.9 Å². The molecule has 1 amide bonds. The summed E-state index contributed by atoms with van der Waals surface area (Å²) < 4.78 is 1.79. The fraction of sp³-hybridized carbons (Fsp3) is 0.286. The minimum atomic E-state index is -0.528. The van der Waals surface area contributed by atoms with Crippen LogP contribution in [-0.4, -0.2) is 15.7 Å². The van der Waals surface area contributed by atoms with Crippen LogP contribution in [-0.2, 0) is 12.8 Å². The summed E-state index contributed by atoms with van der Waals surface area (Å²) >= 11 is 0. The summed E-state index contributed by atoms with van der Waals surface area (Å²) in [6.07, 6.45) is 1.70. The smallest absolute Gasteiger partial charge is 0.250 e. The number of aryl methyl sites for hydroxylation is 2. The molecule has 1 aromatic carbocycles. The molecule has 4 N–H and O–H groups in total. The Labute approximate surface area is 112 Å². The third-order valence-corrected chi connectivity index (χ3v) is 3.13. The third-order valence-electron chi connectivity index (χ3n) is 3.13. The molecule has 5 heteroatoms. The zero-order chi connectivity index (χ0) is 14.0. The van der Waals surface area contributed by atoms with Gasteiger partial charge in [-0.1, -0.05) is 19.9 Å². The van der Waals surface area contributed by atoms with Crippen molar-refractivity contribution in [2.75, 3.05) is 5.73 Å². The summed E-state index contributed by atoms with van der Waals surface area (Å²) in [7, 11) is 0. The lowest BCUT2D eigenvalue weighted by Crippen LogP contribution is -2.15. The first-order chi connectivity index (χ1) is 9.08. The van der Waals surface area contributed by atoms with Crippen molar-refractivity contribution in [2.45, 2.75) is 26.7 Å². The van der Waals surface area contributed by atoms with E-state index in [0.29, 0.717) is 16.9 Å². The van der Waals surface area contributed by atoms with Gasteiger partial charge in [-0.3, -0.25) is 4.79 Å². The van der Waals surface area contributed by atoms with Gasteiger partial charge in [0, 0.05) is 5.69 Å². The standard InChI is InChI=1S/C14H18N4O/c1-3-9-8-10(4-2)18(17-9)12-7-5-6-11(13(12)15)14(16)19/h5-8H,3-4,15H2,1-2H3,(H2,16,19). The molecule has 0 bridgehead atoms. The Morgan fingerprint density at radius 1 is 1.32 bits per heavy atom. The predicted molar refractivity (Wildman–Crippen MR) is 75.3 cm³/mol. The monoisotopic (exact) mass is 258 g/mol. The third kappa shape index (κ3) is 2.31. The number of hydrogen-bond donors (Lipinski definition) is 2. The summed E-state index contributed by atoms with van der Waals surface area (Å²) in [5.41, 5.74) is 14.8. The highest BCUT2D eigenvalue weighted by Crippen LogP contribution is 2.23. The molecule has 5 nitrogen and oxygen atoms in total. The lowest BCUT2D eigenvalue weighted by molar-refractivity contribution is 0.100. The summed E-state index contributed by atoms with van der Waals surface area (Å²) in [4.78, 5) is 11.3. The minimum Gasteiger partial charge on any atom is -0.396 e. The first-order valence-corrected chi connectivity index (χ1v) is 6.34. The molecule has 0 aliphatic heterocycles. The van der Waals surface area contributed by atoms with Crippen molar-refractivity contribution >= 4 is 11.6 Å². The highest BCUT2D eigenvalue weighted by Gasteiger charge is 2.14. The molecule has 0 radical (unpaired) electrons. The Bertz CT molecular complexity index is 616. The maximum Gasteiger partial charge on any atom is 0.250 e. The Morgan fingerprint density at radius 2 is 2.05 bits per heavy atom. The number of aromatic nitrogens is 2. The van der Waals surface area contributed by atoms with Crippen molar-refractivity contribution in [1.82, 2.24) is 9.78 Å². The first kappa shape index (κ1) is 13.1. The maximum absolute atomic E-state index is 11.3. The SMILES string of the molecule is CCc1cc(CC)n(-c2cccc(C(N)=O)c2N)n1. The van der Waals surface area contributed by atoms with E-state index in [-0.39, 0.29) is 0 Å². The largest absolute Gasteiger partial charge is 0.396 e. The van der Waals surface area contributed by atoms with E-state index in [2.05, 4.69) is 25.0 Å². The van der Waals surface area contributed by atoms with Crippen molar-refractivity contribution in [3.63, 3.8) is 0 Å². The molecule has 0 saturated carbocycles. The second-order valence-corrected chi connectivity index (χ2v) is 4.35. The molecular weight excluding hydrogens is 240 g/mol. The highest BCUT2D eigenvalue weighted by atomic mass is 16.1. The van der Waals surface area contributed by atoms with Crippen LogP contribution in [0.15, 0.2) is 24.3 Å². The zero-order valence-electron chi connectivity index (χ0n) is 11.2. The van der Waals surface area contributed by atoms with E-state index in [1.54, 1.807) is 16.8 Å². The second kappa shape index (κ2) is 5.14. The van der Waals surface area contributed by atoms with Crippen LogP contribution in [0.1, 0.15) is 35.6 Å². The molecule has 0 unspecified atom stereocenters. The normalized spacial score (nSPS) is 10.6. The lowest BCUT2D eigenvalue weighted by atomic mass is 10.1. The summed E-state index contributed by atoms with van der Waals surface area (Å²) in [5.74, 6) is -0.528. The number of carbonyl (C=O) groups is 1. The summed E-state index contributed by atoms with van der Waals surface area (Å²) in [6, 6.07) is 7.28. The number of nitrogen functional groups attached to an aromatic ring is 1. The van der Waals surface area contributed by atoms with Crippen LogP contribution < -0.4 is 11.5 Å². The van der Waals surface area contributed by atoms with Crippen LogP contribution in [0.5, 0.6) is 0 Å². The molecule has 100 valence electrons. The number of carbonyl (C=O) groups excluding carboxylic acids is 1. The van der Waals surface area contributed by atoms with Gasteiger partial charge in [-0.15, -0.1) is 0 Å². The maximum atomic E-state index is 11.3. The number of amides is 1. The van der Waals surface area contributed by atoms with Crippen molar-refractivity contribution in [2.24, 2.45) is 5.73 Å². The first-order valence-electron chi connectivity index (χ1n) is 6.34. The van der Waals surface area contributed by atoms with Crippen molar-refractivity contribution < 1.29 is 4.79 Å². The van der Waals surface area contributed by atoms with Gasteiger partial charge < -0.3 is 11.5 Å². The average Bonchev–Trinajstić information content (AvgIpc) is 2.81. The van der Waals surface area contributed by atoms with Crippen LogP contribution >= 0.6 is 0 Å².